The van der Waals surface area contributed by atoms with Crippen LogP contribution < -0.4 is 10.1 Å². The van der Waals surface area contributed by atoms with Gasteiger partial charge in [-0.25, -0.2) is 4.79 Å². The second kappa shape index (κ2) is 8.85. The summed E-state index contributed by atoms with van der Waals surface area (Å²) in [5.41, 5.74) is 1.58. The third-order valence-electron chi connectivity index (χ3n) is 4.27. The first-order valence-electron chi connectivity index (χ1n) is 8.98. The summed E-state index contributed by atoms with van der Waals surface area (Å²) in [6, 6.07) is 9.18. The summed E-state index contributed by atoms with van der Waals surface area (Å²) in [7, 11) is 0. The third-order valence-corrected chi connectivity index (χ3v) is 5.47. The number of carbonyl (C=O) groups excluding carboxylic acids is 2. The van der Waals surface area contributed by atoms with Gasteiger partial charge in [0.1, 0.15) is 10.8 Å². The Morgan fingerprint density at radius 2 is 1.88 bits per heavy atom. The number of para-hydroxylation sites is 1. The molecule has 0 fully saturated rings. The molecule has 0 aliphatic heterocycles. The van der Waals surface area contributed by atoms with Crippen LogP contribution in [-0.2, 0) is 22.4 Å². The summed E-state index contributed by atoms with van der Waals surface area (Å²) in [4.78, 5) is 26.0. The fourth-order valence-electron chi connectivity index (χ4n) is 3.08. The number of thiophene rings is 1. The third kappa shape index (κ3) is 4.43. The second-order valence-electron chi connectivity index (χ2n) is 6.14. The fraction of sp³-hybridized carbons (Fsp3) is 0.400. The topological polar surface area (TPSA) is 64.6 Å². The van der Waals surface area contributed by atoms with E-state index < -0.39 is 0 Å². The zero-order chi connectivity index (χ0) is 18.4. The van der Waals surface area contributed by atoms with Gasteiger partial charge in [-0.15, -0.1) is 11.3 Å². The average molecular weight is 373 g/mol. The summed E-state index contributed by atoms with van der Waals surface area (Å²) in [6.45, 7) is 2.00. The summed E-state index contributed by atoms with van der Waals surface area (Å²) in [5.74, 6) is -0.00258. The van der Waals surface area contributed by atoms with Gasteiger partial charge in [0.05, 0.1) is 12.2 Å². The van der Waals surface area contributed by atoms with Crippen LogP contribution in [0.15, 0.2) is 30.3 Å². The van der Waals surface area contributed by atoms with E-state index >= 15 is 0 Å². The first-order chi connectivity index (χ1) is 12.7. The Hall–Kier alpha value is -2.34. The van der Waals surface area contributed by atoms with E-state index in [0.29, 0.717) is 22.9 Å². The van der Waals surface area contributed by atoms with Crippen LogP contribution in [-0.4, -0.2) is 25.1 Å². The molecule has 0 radical (unpaired) electrons. The predicted molar refractivity (Wildman–Crippen MR) is 102 cm³/mol. The molecule has 0 unspecified atom stereocenters. The van der Waals surface area contributed by atoms with E-state index in [9.17, 15) is 9.59 Å². The summed E-state index contributed by atoms with van der Waals surface area (Å²) >= 11 is 1.49. The van der Waals surface area contributed by atoms with Crippen LogP contribution >= 0.6 is 11.3 Å². The molecule has 0 spiro atoms. The number of ether oxygens (including phenoxy) is 2. The molecule has 6 heteroatoms. The van der Waals surface area contributed by atoms with E-state index in [2.05, 4.69) is 5.32 Å². The molecule has 1 aliphatic rings. The lowest BCUT2D eigenvalue weighted by Gasteiger charge is -2.09. The molecule has 1 heterocycles. The first-order valence-corrected chi connectivity index (χ1v) is 9.80. The van der Waals surface area contributed by atoms with Crippen molar-refractivity contribution in [2.45, 2.75) is 39.0 Å². The molecule has 0 atom stereocenters. The molecule has 1 aliphatic carbocycles. The fourth-order valence-corrected chi connectivity index (χ4v) is 4.37. The number of rotatable bonds is 6. The summed E-state index contributed by atoms with van der Waals surface area (Å²) in [5, 5.41) is 3.43. The predicted octanol–water partition coefficient (Wildman–Crippen LogP) is 4.21. The van der Waals surface area contributed by atoms with Crippen LogP contribution in [0.4, 0.5) is 5.00 Å². The number of benzene rings is 1. The van der Waals surface area contributed by atoms with E-state index in [-0.39, 0.29) is 18.5 Å². The number of nitrogens with one attached hydrogen (secondary N) is 1. The van der Waals surface area contributed by atoms with Crippen LogP contribution in [0.1, 0.15) is 47.0 Å². The summed E-state index contributed by atoms with van der Waals surface area (Å²) < 4.78 is 10.7. The van der Waals surface area contributed by atoms with Crippen LogP contribution in [0.3, 0.4) is 0 Å². The van der Waals surface area contributed by atoms with Crippen molar-refractivity contribution in [3.05, 3.63) is 46.3 Å². The van der Waals surface area contributed by atoms with Crippen molar-refractivity contribution in [1.82, 2.24) is 0 Å². The van der Waals surface area contributed by atoms with E-state index in [0.717, 1.165) is 37.7 Å². The van der Waals surface area contributed by atoms with E-state index in [1.165, 1.54) is 16.2 Å². The van der Waals surface area contributed by atoms with Gasteiger partial charge in [-0.05, 0) is 50.3 Å². The first kappa shape index (κ1) is 18.5. The normalized spacial score (nSPS) is 13.4. The SMILES string of the molecule is CCOC(=O)c1c(NC(=O)COc2ccccc2)sc2c1CCCCC2. The van der Waals surface area contributed by atoms with Crippen LogP contribution in [0.2, 0.25) is 0 Å². The number of carbonyl (C=O) groups is 2. The minimum Gasteiger partial charge on any atom is -0.484 e. The van der Waals surface area contributed by atoms with Gasteiger partial charge in [0.25, 0.3) is 5.91 Å². The Kier molecular flexibility index (Phi) is 6.28. The Balaban J connectivity index is 1.75. The van der Waals surface area contributed by atoms with Gasteiger partial charge in [-0.3, -0.25) is 4.79 Å². The highest BCUT2D eigenvalue weighted by atomic mass is 32.1. The minimum atomic E-state index is -0.355. The number of aryl methyl sites for hydroxylation is 1. The number of hydrogen-bond acceptors (Lipinski definition) is 5. The largest absolute Gasteiger partial charge is 0.484 e. The molecule has 0 saturated carbocycles. The maximum atomic E-state index is 12.5. The molecule has 1 N–H and O–H groups in total. The molecule has 0 bridgehead atoms. The minimum absolute atomic E-state index is 0.102. The molecular weight excluding hydrogens is 350 g/mol. The Bertz CT molecular complexity index is 770. The van der Waals surface area contributed by atoms with Gasteiger partial charge in [0.2, 0.25) is 0 Å². The van der Waals surface area contributed by atoms with Crippen molar-refractivity contribution in [3.8, 4) is 5.75 Å². The summed E-state index contributed by atoms with van der Waals surface area (Å²) in [6.07, 6.45) is 5.14. The highest BCUT2D eigenvalue weighted by Crippen LogP contribution is 2.38. The maximum Gasteiger partial charge on any atom is 0.341 e. The molecule has 5 nitrogen and oxygen atoms in total. The quantitative estimate of drug-likeness (QED) is 0.608. The Labute approximate surface area is 157 Å². The smallest absolute Gasteiger partial charge is 0.341 e. The van der Waals surface area contributed by atoms with Crippen LogP contribution in [0, 0.1) is 0 Å². The van der Waals surface area contributed by atoms with Gasteiger partial charge in [-0.1, -0.05) is 24.6 Å². The average Bonchev–Trinajstić information content (AvgIpc) is 2.82. The number of hydrogen-bond donors (Lipinski definition) is 1. The lowest BCUT2D eigenvalue weighted by Crippen LogP contribution is -2.21. The van der Waals surface area contributed by atoms with E-state index in [1.807, 2.05) is 18.2 Å². The molecule has 138 valence electrons. The molecule has 26 heavy (non-hydrogen) atoms. The molecular formula is C20H23NO4S. The van der Waals surface area contributed by atoms with Crippen LogP contribution in [0.25, 0.3) is 0 Å². The van der Waals surface area contributed by atoms with Crippen molar-refractivity contribution in [1.29, 1.82) is 0 Å². The molecule has 1 amide bonds. The van der Waals surface area contributed by atoms with Gasteiger partial charge >= 0.3 is 5.97 Å². The Morgan fingerprint density at radius 1 is 1.12 bits per heavy atom. The van der Waals surface area contributed by atoms with Crippen molar-refractivity contribution >= 4 is 28.2 Å². The van der Waals surface area contributed by atoms with Crippen molar-refractivity contribution < 1.29 is 19.1 Å². The highest BCUT2D eigenvalue weighted by molar-refractivity contribution is 7.17. The zero-order valence-corrected chi connectivity index (χ0v) is 15.7. The van der Waals surface area contributed by atoms with Gasteiger partial charge < -0.3 is 14.8 Å². The molecule has 1 aromatic carbocycles. The molecule has 3 rings (SSSR count). The molecule has 2 aromatic rings. The second-order valence-corrected chi connectivity index (χ2v) is 7.24. The molecule has 1 aromatic heterocycles. The van der Waals surface area contributed by atoms with E-state index in [1.54, 1.807) is 19.1 Å². The highest BCUT2D eigenvalue weighted by Gasteiger charge is 2.26. The molecule has 0 saturated heterocycles. The van der Waals surface area contributed by atoms with Crippen molar-refractivity contribution in [3.63, 3.8) is 0 Å². The lowest BCUT2D eigenvalue weighted by molar-refractivity contribution is -0.118. The Morgan fingerprint density at radius 3 is 2.65 bits per heavy atom. The van der Waals surface area contributed by atoms with Crippen molar-refractivity contribution in [2.75, 3.05) is 18.5 Å². The number of amides is 1. The van der Waals surface area contributed by atoms with Gasteiger partial charge in [0, 0.05) is 4.88 Å². The number of fused-ring (bicyclic) bond motifs is 1. The number of esters is 1. The zero-order valence-electron chi connectivity index (χ0n) is 14.9. The van der Waals surface area contributed by atoms with Gasteiger partial charge in [0.15, 0.2) is 6.61 Å². The van der Waals surface area contributed by atoms with E-state index in [4.69, 9.17) is 9.47 Å². The van der Waals surface area contributed by atoms with Crippen LogP contribution in [0.5, 0.6) is 5.75 Å². The maximum absolute atomic E-state index is 12.5. The van der Waals surface area contributed by atoms with Crippen molar-refractivity contribution in [2.24, 2.45) is 0 Å². The number of anilines is 1. The lowest BCUT2D eigenvalue weighted by atomic mass is 10.1. The van der Waals surface area contributed by atoms with Gasteiger partial charge in [-0.2, -0.15) is 0 Å². The monoisotopic (exact) mass is 373 g/mol. The standard InChI is InChI=1S/C20H23NO4S/c1-2-24-20(23)18-15-11-7-4-8-12-16(15)26-19(18)21-17(22)13-25-14-9-5-3-6-10-14/h3,5-6,9-10H,2,4,7-8,11-13H2,1H3,(H,21,22).